The van der Waals surface area contributed by atoms with Gasteiger partial charge in [0, 0.05) is 30.2 Å². The number of thioether (sulfide) groups is 1. The summed E-state index contributed by atoms with van der Waals surface area (Å²) >= 11 is 1.85. The van der Waals surface area contributed by atoms with Crippen molar-refractivity contribution in [3.63, 3.8) is 0 Å². The van der Waals surface area contributed by atoms with Crippen LogP contribution >= 0.6 is 11.8 Å². The van der Waals surface area contributed by atoms with E-state index in [0.717, 1.165) is 24.5 Å². The van der Waals surface area contributed by atoms with Crippen molar-refractivity contribution in [3.05, 3.63) is 23.3 Å². The molecule has 98 valence electrons. The molecule has 0 aliphatic carbocycles. The van der Waals surface area contributed by atoms with E-state index in [9.17, 15) is 4.79 Å². The molecule has 18 heavy (non-hydrogen) atoms. The lowest BCUT2D eigenvalue weighted by molar-refractivity contribution is -0.118. The zero-order valence-electron chi connectivity index (χ0n) is 11.2. The van der Waals surface area contributed by atoms with Crippen molar-refractivity contribution in [2.75, 3.05) is 30.8 Å². The van der Waals surface area contributed by atoms with Gasteiger partial charge in [-0.25, -0.2) is 0 Å². The van der Waals surface area contributed by atoms with Crippen LogP contribution in [-0.4, -0.2) is 31.8 Å². The van der Waals surface area contributed by atoms with E-state index < -0.39 is 0 Å². The number of aryl methyl sites for hydroxylation is 1. The summed E-state index contributed by atoms with van der Waals surface area (Å²) in [6.45, 7) is 5.77. The molecule has 0 atom stereocenters. The second kappa shape index (κ2) is 5.76. The molecule has 0 fully saturated rings. The number of nitrogens with zero attached hydrogens (tertiary/aromatic N) is 1. The van der Waals surface area contributed by atoms with E-state index >= 15 is 0 Å². The normalized spacial score (nSPS) is 14.5. The minimum absolute atomic E-state index is 0.222. The number of benzene rings is 1. The number of rotatable bonds is 3. The highest BCUT2D eigenvalue weighted by molar-refractivity contribution is 7.99. The fourth-order valence-electron chi connectivity index (χ4n) is 2.20. The quantitative estimate of drug-likeness (QED) is 0.909. The van der Waals surface area contributed by atoms with Gasteiger partial charge in [-0.1, -0.05) is 6.07 Å². The topological polar surface area (TPSA) is 32.3 Å². The SMILES string of the molecule is CNCCC(=O)N1CCSc2ccc(C)c(C)c21. The van der Waals surface area contributed by atoms with Crippen LogP contribution in [-0.2, 0) is 4.79 Å². The molecule has 0 bridgehead atoms. The number of anilines is 1. The van der Waals surface area contributed by atoms with Crippen LogP contribution in [0, 0.1) is 13.8 Å². The largest absolute Gasteiger partial charge is 0.319 e. The maximum absolute atomic E-state index is 12.3. The second-order valence-electron chi connectivity index (χ2n) is 4.60. The molecule has 1 aliphatic heterocycles. The average molecular weight is 264 g/mol. The van der Waals surface area contributed by atoms with Gasteiger partial charge in [-0.3, -0.25) is 4.79 Å². The van der Waals surface area contributed by atoms with Crippen molar-refractivity contribution in [1.29, 1.82) is 0 Å². The Morgan fingerprint density at radius 1 is 1.44 bits per heavy atom. The maximum atomic E-state index is 12.3. The van der Waals surface area contributed by atoms with Crippen LogP contribution in [0.25, 0.3) is 0 Å². The Balaban J connectivity index is 2.32. The monoisotopic (exact) mass is 264 g/mol. The Morgan fingerprint density at radius 2 is 2.22 bits per heavy atom. The zero-order chi connectivity index (χ0) is 13.1. The molecule has 1 amide bonds. The molecule has 1 N–H and O–H groups in total. The van der Waals surface area contributed by atoms with Gasteiger partial charge in [0.25, 0.3) is 0 Å². The summed E-state index contributed by atoms with van der Waals surface area (Å²) in [5.41, 5.74) is 3.62. The number of nitrogens with one attached hydrogen (secondary N) is 1. The Bertz CT molecular complexity index is 459. The van der Waals surface area contributed by atoms with Crippen molar-refractivity contribution >= 4 is 23.4 Å². The van der Waals surface area contributed by atoms with E-state index in [2.05, 4.69) is 31.3 Å². The second-order valence-corrected chi connectivity index (χ2v) is 5.74. The van der Waals surface area contributed by atoms with Gasteiger partial charge in [-0.05, 0) is 38.1 Å². The summed E-state index contributed by atoms with van der Waals surface area (Å²) in [5, 5.41) is 3.03. The number of hydrogen-bond donors (Lipinski definition) is 1. The van der Waals surface area contributed by atoms with Crippen LogP contribution in [0.3, 0.4) is 0 Å². The van der Waals surface area contributed by atoms with Crippen LogP contribution < -0.4 is 10.2 Å². The molecule has 0 saturated heterocycles. The summed E-state index contributed by atoms with van der Waals surface area (Å²) in [6.07, 6.45) is 0.563. The third kappa shape index (κ3) is 2.54. The molecule has 0 spiro atoms. The van der Waals surface area contributed by atoms with E-state index in [4.69, 9.17) is 0 Å². The molecule has 0 radical (unpaired) electrons. The zero-order valence-corrected chi connectivity index (χ0v) is 12.1. The predicted molar refractivity (Wildman–Crippen MR) is 77.5 cm³/mol. The molecule has 4 heteroatoms. The van der Waals surface area contributed by atoms with Crippen molar-refractivity contribution in [1.82, 2.24) is 5.32 Å². The van der Waals surface area contributed by atoms with Gasteiger partial charge in [0.1, 0.15) is 0 Å². The molecule has 1 heterocycles. The third-order valence-electron chi connectivity index (χ3n) is 3.40. The lowest BCUT2D eigenvalue weighted by Gasteiger charge is -2.31. The van der Waals surface area contributed by atoms with Gasteiger partial charge in [0.2, 0.25) is 5.91 Å². The molecule has 2 rings (SSSR count). The van der Waals surface area contributed by atoms with Crippen LogP contribution in [0.5, 0.6) is 0 Å². The van der Waals surface area contributed by atoms with Crippen molar-refractivity contribution in [3.8, 4) is 0 Å². The molecule has 0 saturated carbocycles. The molecule has 1 aliphatic rings. The summed E-state index contributed by atoms with van der Waals surface area (Å²) < 4.78 is 0. The predicted octanol–water partition coefficient (Wildman–Crippen LogP) is 2.35. The molecule has 1 aromatic carbocycles. The Labute approximate surface area is 113 Å². The van der Waals surface area contributed by atoms with Crippen molar-refractivity contribution in [2.45, 2.75) is 25.2 Å². The maximum Gasteiger partial charge on any atom is 0.228 e. The summed E-state index contributed by atoms with van der Waals surface area (Å²) in [4.78, 5) is 15.5. The number of carbonyl (C=O) groups is 1. The molecule has 1 aromatic rings. The Hall–Kier alpha value is -1.00. The molecule has 3 nitrogen and oxygen atoms in total. The first kappa shape index (κ1) is 13.4. The van der Waals surface area contributed by atoms with Crippen molar-refractivity contribution < 1.29 is 4.79 Å². The standard InChI is InChI=1S/C14H20N2OS/c1-10-4-5-12-14(11(10)2)16(8-9-18-12)13(17)6-7-15-3/h4-5,15H,6-9H2,1-3H3. The number of amides is 1. The van der Waals surface area contributed by atoms with E-state index in [1.807, 2.05) is 23.7 Å². The van der Waals surface area contributed by atoms with Gasteiger partial charge in [0.15, 0.2) is 0 Å². The van der Waals surface area contributed by atoms with Gasteiger partial charge in [-0.2, -0.15) is 0 Å². The lowest BCUT2D eigenvalue weighted by atomic mass is 10.1. The van der Waals surface area contributed by atoms with E-state index in [1.165, 1.54) is 16.0 Å². The highest BCUT2D eigenvalue weighted by Gasteiger charge is 2.24. The highest BCUT2D eigenvalue weighted by Crippen LogP contribution is 2.38. The Morgan fingerprint density at radius 3 is 2.94 bits per heavy atom. The average Bonchev–Trinajstić information content (AvgIpc) is 2.39. The first-order chi connectivity index (χ1) is 8.65. The lowest BCUT2D eigenvalue weighted by Crippen LogP contribution is -2.37. The van der Waals surface area contributed by atoms with Gasteiger partial charge in [-0.15, -0.1) is 11.8 Å². The molecular weight excluding hydrogens is 244 g/mol. The van der Waals surface area contributed by atoms with Gasteiger partial charge in [0.05, 0.1) is 5.69 Å². The fourth-order valence-corrected chi connectivity index (χ4v) is 3.26. The Kier molecular flexibility index (Phi) is 4.30. The first-order valence-corrected chi connectivity index (χ1v) is 7.31. The molecule has 0 unspecified atom stereocenters. The number of fused-ring (bicyclic) bond motifs is 1. The number of carbonyl (C=O) groups excluding carboxylic acids is 1. The molecular formula is C14H20N2OS. The van der Waals surface area contributed by atoms with E-state index in [0.29, 0.717) is 6.42 Å². The fraction of sp³-hybridized carbons (Fsp3) is 0.500. The van der Waals surface area contributed by atoms with Gasteiger partial charge >= 0.3 is 0 Å². The van der Waals surface area contributed by atoms with Crippen LogP contribution in [0.4, 0.5) is 5.69 Å². The van der Waals surface area contributed by atoms with Crippen LogP contribution in [0.15, 0.2) is 17.0 Å². The van der Waals surface area contributed by atoms with Crippen molar-refractivity contribution in [2.24, 2.45) is 0 Å². The van der Waals surface area contributed by atoms with E-state index in [1.54, 1.807) is 0 Å². The summed E-state index contributed by atoms with van der Waals surface area (Å²) in [5.74, 6) is 1.21. The number of hydrogen-bond acceptors (Lipinski definition) is 3. The minimum atomic E-state index is 0.222. The van der Waals surface area contributed by atoms with Gasteiger partial charge < -0.3 is 10.2 Å². The minimum Gasteiger partial charge on any atom is -0.319 e. The van der Waals surface area contributed by atoms with Crippen LogP contribution in [0.1, 0.15) is 17.5 Å². The molecule has 0 aromatic heterocycles. The van der Waals surface area contributed by atoms with E-state index in [-0.39, 0.29) is 5.91 Å². The highest BCUT2D eigenvalue weighted by atomic mass is 32.2. The summed E-state index contributed by atoms with van der Waals surface area (Å²) in [6, 6.07) is 4.28. The summed E-state index contributed by atoms with van der Waals surface area (Å²) in [7, 11) is 1.88. The smallest absolute Gasteiger partial charge is 0.228 e. The third-order valence-corrected chi connectivity index (χ3v) is 4.42. The first-order valence-electron chi connectivity index (χ1n) is 6.33. The van der Waals surface area contributed by atoms with Crippen LogP contribution in [0.2, 0.25) is 0 Å².